The lowest BCUT2D eigenvalue weighted by Crippen LogP contribution is -2.16. The van der Waals surface area contributed by atoms with E-state index in [1.807, 2.05) is 55.5 Å². The number of thiazole rings is 1. The molecule has 0 saturated heterocycles. The van der Waals surface area contributed by atoms with E-state index in [1.54, 1.807) is 23.6 Å². The molecule has 29 heavy (non-hydrogen) atoms. The maximum atomic E-state index is 13.0. The summed E-state index contributed by atoms with van der Waals surface area (Å²) in [4.78, 5) is 18.6. The van der Waals surface area contributed by atoms with Gasteiger partial charge in [0.2, 0.25) is 5.13 Å². The van der Waals surface area contributed by atoms with Gasteiger partial charge in [-0.2, -0.15) is 9.78 Å². The Bertz CT molecular complexity index is 1180. The maximum Gasteiger partial charge on any atom is 0.257 e. The molecule has 6 nitrogen and oxygen atoms in total. The molecule has 4 aromatic rings. The van der Waals surface area contributed by atoms with E-state index >= 15 is 0 Å². The third-order valence-corrected chi connectivity index (χ3v) is 6.24. The quantitative estimate of drug-likeness (QED) is 0.433. The number of nitrogens with one attached hydrogen (secondary N) is 1. The summed E-state index contributed by atoms with van der Waals surface area (Å²) in [6, 6.07) is 15.2. The predicted molar refractivity (Wildman–Crippen MR) is 119 cm³/mol. The van der Waals surface area contributed by atoms with E-state index < -0.39 is 0 Å². The molecule has 1 amide bonds. The molecule has 0 aliphatic carbocycles. The number of rotatable bonds is 6. The number of nitrogens with zero attached hydrogens (tertiary/aromatic N) is 3. The SMILES string of the molecule is CCSc1ccccc1C(=O)Nc1cc(C)nn1-c1nc2cc(OC)ccc2s1. The lowest BCUT2D eigenvalue weighted by atomic mass is 10.2. The minimum Gasteiger partial charge on any atom is -0.497 e. The molecule has 0 bridgehead atoms. The third-order valence-electron chi connectivity index (χ3n) is 4.27. The average Bonchev–Trinajstić information content (AvgIpc) is 3.30. The summed E-state index contributed by atoms with van der Waals surface area (Å²) in [6.07, 6.45) is 0. The number of fused-ring (bicyclic) bond motifs is 1. The standard InChI is InChI=1S/C21H20N4O2S2/c1-4-28-17-8-6-5-7-15(17)20(26)23-19-11-13(2)24-25(19)21-22-16-12-14(27-3)9-10-18(16)29-21/h5-12H,4H2,1-3H3,(H,23,26). The third kappa shape index (κ3) is 3.99. The van der Waals surface area contributed by atoms with Gasteiger partial charge in [-0.05, 0) is 36.9 Å². The van der Waals surface area contributed by atoms with Crippen molar-refractivity contribution in [2.24, 2.45) is 0 Å². The van der Waals surface area contributed by atoms with Gasteiger partial charge in [0.25, 0.3) is 5.91 Å². The second-order valence-corrected chi connectivity index (χ2v) is 8.61. The van der Waals surface area contributed by atoms with E-state index in [-0.39, 0.29) is 5.91 Å². The molecule has 2 heterocycles. The zero-order chi connectivity index (χ0) is 20.4. The minimum atomic E-state index is -0.162. The maximum absolute atomic E-state index is 13.0. The second-order valence-electron chi connectivity index (χ2n) is 6.30. The fourth-order valence-corrected chi connectivity index (χ4v) is 4.68. The Morgan fingerprint density at radius 3 is 2.86 bits per heavy atom. The molecule has 0 atom stereocenters. The van der Waals surface area contributed by atoms with E-state index in [0.717, 1.165) is 32.3 Å². The van der Waals surface area contributed by atoms with E-state index in [9.17, 15) is 4.79 Å². The lowest BCUT2D eigenvalue weighted by molar-refractivity contribution is 0.102. The molecule has 0 unspecified atom stereocenters. The fourth-order valence-electron chi connectivity index (χ4n) is 2.97. The van der Waals surface area contributed by atoms with E-state index in [2.05, 4.69) is 22.3 Å². The molecule has 2 aromatic carbocycles. The van der Waals surface area contributed by atoms with Gasteiger partial charge < -0.3 is 10.1 Å². The summed E-state index contributed by atoms with van der Waals surface area (Å²) in [5.74, 6) is 2.08. The second kappa shape index (κ2) is 8.26. The van der Waals surface area contributed by atoms with E-state index in [0.29, 0.717) is 16.5 Å². The van der Waals surface area contributed by atoms with Crippen molar-refractivity contribution >= 4 is 45.0 Å². The normalized spacial score (nSPS) is 11.0. The molecule has 148 valence electrons. The van der Waals surface area contributed by atoms with Crippen LogP contribution in [0.3, 0.4) is 0 Å². The van der Waals surface area contributed by atoms with Crippen LogP contribution >= 0.6 is 23.1 Å². The van der Waals surface area contributed by atoms with Crippen molar-refractivity contribution in [3.63, 3.8) is 0 Å². The number of benzene rings is 2. The number of ether oxygens (including phenoxy) is 1. The van der Waals surface area contributed by atoms with Gasteiger partial charge in [0.15, 0.2) is 0 Å². The van der Waals surface area contributed by atoms with Crippen molar-refractivity contribution in [2.45, 2.75) is 18.7 Å². The molecule has 0 radical (unpaired) electrons. The zero-order valence-corrected chi connectivity index (χ0v) is 17.9. The Morgan fingerprint density at radius 2 is 2.07 bits per heavy atom. The van der Waals surface area contributed by atoms with E-state index in [4.69, 9.17) is 4.74 Å². The predicted octanol–water partition coefficient (Wildman–Crippen LogP) is 5.16. The van der Waals surface area contributed by atoms with Crippen molar-refractivity contribution in [1.82, 2.24) is 14.8 Å². The number of aromatic nitrogens is 3. The number of hydrogen-bond acceptors (Lipinski definition) is 6. The zero-order valence-electron chi connectivity index (χ0n) is 16.3. The fraction of sp³-hybridized carbons (Fsp3) is 0.190. The van der Waals surface area contributed by atoms with Gasteiger partial charge in [0, 0.05) is 17.0 Å². The highest BCUT2D eigenvalue weighted by Crippen LogP contribution is 2.30. The van der Waals surface area contributed by atoms with Crippen LogP contribution in [0.1, 0.15) is 23.0 Å². The molecular weight excluding hydrogens is 404 g/mol. The molecule has 0 saturated carbocycles. The molecule has 0 aliphatic heterocycles. The van der Waals surface area contributed by atoms with Crippen LogP contribution in [0.15, 0.2) is 53.4 Å². The minimum absolute atomic E-state index is 0.162. The first kappa shape index (κ1) is 19.5. The number of carbonyl (C=O) groups excluding carboxylic acids is 1. The summed E-state index contributed by atoms with van der Waals surface area (Å²) in [7, 11) is 1.63. The number of anilines is 1. The molecular formula is C21H20N4O2S2. The van der Waals surface area contributed by atoms with Crippen molar-refractivity contribution in [3.8, 4) is 10.9 Å². The van der Waals surface area contributed by atoms with Crippen LogP contribution in [0.4, 0.5) is 5.82 Å². The average molecular weight is 425 g/mol. The highest BCUT2D eigenvalue weighted by molar-refractivity contribution is 7.99. The highest BCUT2D eigenvalue weighted by Gasteiger charge is 2.17. The summed E-state index contributed by atoms with van der Waals surface area (Å²) < 4.78 is 7.99. The number of thioether (sulfide) groups is 1. The van der Waals surface area contributed by atoms with Gasteiger partial charge in [0.05, 0.1) is 28.6 Å². The summed E-state index contributed by atoms with van der Waals surface area (Å²) in [6.45, 7) is 3.96. The highest BCUT2D eigenvalue weighted by atomic mass is 32.2. The van der Waals surface area contributed by atoms with Crippen LogP contribution in [-0.4, -0.2) is 33.5 Å². The lowest BCUT2D eigenvalue weighted by Gasteiger charge is -2.09. The molecule has 8 heteroatoms. The van der Waals surface area contributed by atoms with Crippen LogP contribution in [-0.2, 0) is 0 Å². The first-order valence-electron chi connectivity index (χ1n) is 9.14. The molecule has 1 N–H and O–H groups in total. The Balaban J connectivity index is 1.68. The number of aryl methyl sites for hydroxylation is 1. The van der Waals surface area contributed by atoms with Gasteiger partial charge in [-0.15, -0.1) is 11.8 Å². The van der Waals surface area contributed by atoms with Crippen molar-refractivity contribution in [2.75, 3.05) is 18.2 Å². The Hall–Kier alpha value is -2.84. The van der Waals surface area contributed by atoms with Gasteiger partial charge in [-0.25, -0.2) is 4.98 Å². The van der Waals surface area contributed by atoms with Crippen LogP contribution in [0, 0.1) is 6.92 Å². The van der Waals surface area contributed by atoms with Gasteiger partial charge in [-0.1, -0.05) is 30.4 Å². The molecule has 0 spiro atoms. The van der Waals surface area contributed by atoms with Crippen LogP contribution in [0.25, 0.3) is 15.3 Å². The number of carbonyl (C=O) groups is 1. The van der Waals surface area contributed by atoms with Crippen molar-refractivity contribution in [1.29, 1.82) is 0 Å². The van der Waals surface area contributed by atoms with Crippen LogP contribution in [0.5, 0.6) is 5.75 Å². The Morgan fingerprint density at radius 1 is 1.24 bits per heavy atom. The number of methoxy groups -OCH3 is 1. The molecule has 4 rings (SSSR count). The molecule has 2 aromatic heterocycles. The summed E-state index contributed by atoms with van der Waals surface area (Å²) in [5, 5.41) is 8.23. The Kier molecular flexibility index (Phi) is 5.55. The van der Waals surface area contributed by atoms with Gasteiger partial charge >= 0.3 is 0 Å². The molecule has 0 fully saturated rings. The summed E-state index contributed by atoms with van der Waals surface area (Å²) in [5.41, 5.74) is 2.28. The Labute approximate surface area is 176 Å². The van der Waals surface area contributed by atoms with E-state index in [1.165, 1.54) is 11.3 Å². The largest absolute Gasteiger partial charge is 0.497 e. The topological polar surface area (TPSA) is 69.0 Å². The first-order valence-corrected chi connectivity index (χ1v) is 10.9. The van der Waals surface area contributed by atoms with Crippen molar-refractivity contribution < 1.29 is 9.53 Å². The molecule has 0 aliphatic rings. The smallest absolute Gasteiger partial charge is 0.257 e. The number of hydrogen-bond donors (Lipinski definition) is 1. The van der Waals surface area contributed by atoms with Crippen molar-refractivity contribution in [3.05, 3.63) is 59.8 Å². The van der Waals surface area contributed by atoms with Crippen LogP contribution < -0.4 is 10.1 Å². The first-order chi connectivity index (χ1) is 14.1. The summed E-state index contributed by atoms with van der Waals surface area (Å²) >= 11 is 3.16. The van der Waals surface area contributed by atoms with Gasteiger partial charge in [0.1, 0.15) is 11.6 Å². The number of amides is 1. The monoisotopic (exact) mass is 424 g/mol. The van der Waals surface area contributed by atoms with Gasteiger partial charge in [-0.3, -0.25) is 4.79 Å². The van der Waals surface area contributed by atoms with Crippen LogP contribution in [0.2, 0.25) is 0 Å².